The average Bonchev–Trinajstić information content (AvgIpc) is 3.46. The zero-order valence-electron chi connectivity index (χ0n) is 16.1. The molecule has 0 spiro atoms. The minimum Gasteiger partial charge on any atom is -0.493 e. The number of aromatic nitrogens is 2. The lowest BCUT2D eigenvalue weighted by atomic mass is 9.88. The molecule has 0 radical (unpaired) electrons. The van der Waals surface area contributed by atoms with Gasteiger partial charge in [0.25, 0.3) is 5.91 Å². The third-order valence-electron chi connectivity index (χ3n) is 5.39. The van der Waals surface area contributed by atoms with Crippen molar-refractivity contribution in [2.24, 2.45) is 10.3 Å². The molecule has 5 rings (SSSR count). The van der Waals surface area contributed by atoms with Gasteiger partial charge in [-0.2, -0.15) is 10.2 Å². The van der Waals surface area contributed by atoms with E-state index in [0.29, 0.717) is 23.3 Å². The van der Waals surface area contributed by atoms with Crippen molar-refractivity contribution in [2.45, 2.75) is 25.3 Å². The summed E-state index contributed by atoms with van der Waals surface area (Å²) < 4.78 is 15.4. The summed E-state index contributed by atoms with van der Waals surface area (Å²) in [5.41, 5.74) is 3.30. The molecule has 1 aliphatic heterocycles. The van der Waals surface area contributed by atoms with Crippen molar-refractivity contribution in [3.63, 3.8) is 0 Å². The molecular formula is C21H20N4O3S. The number of hydrogen-bond acceptors (Lipinski definition) is 7. The maximum atomic E-state index is 12.6. The number of carbonyl (C=O) groups is 1. The van der Waals surface area contributed by atoms with Gasteiger partial charge in [0.05, 0.1) is 25.9 Å². The van der Waals surface area contributed by atoms with E-state index in [0.717, 1.165) is 46.2 Å². The van der Waals surface area contributed by atoms with Gasteiger partial charge in [-0.1, -0.05) is 12.2 Å². The second-order valence-electron chi connectivity index (χ2n) is 7.27. The summed E-state index contributed by atoms with van der Waals surface area (Å²) in [5, 5.41) is 12.4. The van der Waals surface area contributed by atoms with E-state index in [9.17, 15) is 4.79 Å². The standard InChI is InChI=1S/C21H20N4O3S/c1-27-17-8-14-15(10-22-24-16(14)9-18(17)28-2)12-4-3-5-13-19(25-29-20(12)13)21(26)23-11-6-7-11/h3-4,8-11,13H,5-7H2,1-2H3,(H,23,26). The number of ether oxygens (including phenoxy) is 2. The number of rotatable bonds is 5. The molecule has 0 saturated heterocycles. The first-order chi connectivity index (χ1) is 14.2. The Bertz CT molecular complexity index is 1100. The first-order valence-electron chi connectivity index (χ1n) is 9.54. The molecule has 8 heteroatoms. The van der Waals surface area contributed by atoms with Crippen molar-refractivity contribution in [2.75, 3.05) is 14.2 Å². The highest BCUT2D eigenvalue weighted by molar-refractivity contribution is 8.02. The Kier molecular flexibility index (Phi) is 4.50. The molecular weight excluding hydrogens is 388 g/mol. The zero-order chi connectivity index (χ0) is 20.0. The fourth-order valence-corrected chi connectivity index (χ4v) is 4.74. The highest BCUT2D eigenvalue weighted by Gasteiger charge is 2.37. The highest BCUT2D eigenvalue weighted by Crippen LogP contribution is 2.46. The number of amides is 1. The monoisotopic (exact) mass is 408 g/mol. The summed E-state index contributed by atoms with van der Waals surface area (Å²) in [4.78, 5) is 13.7. The van der Waals surface area contributed by atoms with E-state index >= 15 is 0 Å². The lowest BCUT2D eigenvalue weighted by molar-refractivity contribution is -0.115. The van der Waals surface area contributed by atoms with Gasteiger partial charge >= 0.3 is 0 Å². The number of benzene rings is 1. The van der Waals surface area contributed by atoms with Crippen molar-refractivity contribution < 1.29 is 14.3 Å². The van der Waals surface area contributed by atoms with Crippen LogP contribution in [0.4, 0.5) is 0 Å². The van der Waals surface area contributed by atoms with Crippen LogP contribution in [0.25, 0.3) is 16.5 Å². The summed E-state index contributed by atoms with van der Waals surface area (Å²) in [5.74, 6) is 1.19. The number of hydrogen-bond donors (Lipinski definition) is 1. The second kappa shape index (κ2) is 7.18. The molecule has 2 aliphatic carbocycles. The SMILES string of the molecule is COc1cc2nncc(C3=C4SN=C(C(=O)NC5CC5)C4CC=C3)c2cc1OC. The van der Waals surface area contributed by atoms with Crippen molar-refractivity contribution in [3.8, 4) is 11.5 Å². The Hall–Kier alpha value is -2.87. The van der Waals surface area contributed by atoms with E-state index in [1.54, 1.807) is 20.4 Å². The molecule has 1 amide bonds. The smallest absolute Gasteiger partial charge is 0.267 e. The topological polar surface area (TPSA) is 85.7 Å². The van der Waals surface area contributed by atoms with E-state index in [1.807, 2.05) is 12.1 Å². The van der Waals surface area contributed by atoms with Crippen LogP contribution >= 0.6 is 11.9 Å². The molecule has 148 valence electrons. The van der Waals surface area contributed by atoms with Gasteiger partial charge in [0.1, 0.15) is 5.71 Å². The molecule has 0 bridgehead atoms. The van der Waals surface area contributed by atoms with Gasteiger partial charge in [-0.25, -0.2) is 4.40 Å². The summed E-state index contributed by atoms with van der Waals surface area (Å²) in [6.07, 6.45) is 8.84. The van der Waals surface area contributed by atoms with Crippen LogP contribution in [-0.2, 0) is 4.79 Å². The second-order valence-corrected chi connectivity index (χ2v) is 8.07. The van der Waals surface area contributed by atoms with Gasteiger partial charge in [0.15, 0.2) is 11.5 Å². The lowest BCUT2D eigenvalue weighted by Gasteiger charge is -2.20. The third kappa shape index (κ3) is 3.17. The van der Waals surface area contributed by atoms with Crippen LogP contribution in [0.1, 0.15) is 24.8 Å². The van der Waals surface area contributed by atoms with Crippen LogP contribution < -0.4 is 14.8 Å². The third-order valence-corrected chi connectivity index (χ3v) is 6.38. The van der Waals surface area contributed by atoms with Gasteiger partial charge in [0.2, 0.25) is 0 Å². The number of nitrogens with zero attached hydrogens (tertiary/aromatic N) is 3. The van der Waals surface area contributed by atoms with Crippen LogP contribution in [0.2, 0.25) is 0 Å². The molecule has 1 atom stereocenters. The first kappa shape index (κ1) is 18.2. The van der Waals surface area contributed by atoms with Gasteiger partial charge in [-0.05, 0) is 30.9 Å². The van der Waals surface area contributed by atoms with Gasteiger partial charge < -0.3 is 14.8 Å². The molecule has 1 unspecified atom stereocenters. The molecule has 2 heterocycles. The average molecular weight is 408 g/mol. The van der Waals surface area contributed by atoms with Crippen LogP contribution in [0.5, 0.6) is 11.5 Å². The predicted octanol–water partition coefficient (Wildman–Crippen LogP) is 3.32. The normalized spacial score (nSPS) is 20.5. The van der Waals surface area contributed by atoms with Crippen LogP contribution in [0.15, 0.2) is 39.8 Å². The molecule has 2 aromatic rings. The number of methoxy groups -OCH3 is 2. The molecule has 1 saturated carbocycles. The molecule has 29 heavy (non-hydrogen) atoms. The Morgan fingerprint density at radius 2 is 2.00 bits per heavy atom. The Labute approximate surface area is 172 Å². The van der Waals surface area contributed by atoms with Gasteiger partial charge in [-0.15, -0.1) is 0 Å². The fourth-order valence-electron chi connectivity index (χ4n) is 3.72. The summed E-state index contributed by atoms with van der Waals surface area (Å²) >= 11 is 1.39. The van der Waals surface area contributed by atoms with E-state index < -0.39 is 0 Å². The van der Waals surface area contributed by atoms with Crippen molar-refractivity contribution in [1.82, 2.24) is 15.5 Å². The minimum atomic E-state index is -0.0428. The number of nitrogens with one attached hydrogen (secondary N) is 1. The summed E-state index contributed by atoms with van der Waals surface area (Å²) in [7, 11) is 3.21. The Morgan fingerprint density at radius 3 is 2.76 bits per heavy atom. The largest absolute Gasteiger partial charge is 0.493 e. The Morgan fingerprint density at radius 1 is 1.21 bits per heavy atom. The molecule has 3 aliphatic rings. The van der Waals surface area contributed by atoms with E-state index in [1.165, 1.54) is 11.9 Å². The van der Waals surface area contributed by atoms with Gasteiger partial charge in [0, 0.05) is 45.8 Å². The Balaban J connectivity index is 1.57. The minimum absolute atomic E-state index is 0.0119. The van der Waals surface area contributed by atoms with Crippen LogP contribution in [0, 0.1) is 5.92 Å². The van der Waals surface area contributed by atoms with E-state index in [2.05, 4.69) is 32.1 Å². The maximum absolute atomic E-state index is 12.6. The number of allylic oxidation sites excluding steroid dienone is 4. The molecule has 7 nitrogen and oxygen atoms in total. The highest BCUT2D eigenvalue weighted by atomic mass is 32.2. The fraction of sp³-hybridized carbons (Fsp3) is 0.333. The maximum Gasteiger partial charge on any atom is 0.267 e. The first-order valence-corrected chi connectivity index (χ1v) is 10.3. The number of fused-ring (bicyclic) bond motifs is 2. The van der Waals surface area contributed by atoms with Gasteiger partial charge in [-0.3, -0.25) is 4.79 Å². The molecule has 1 N–H and O–H groups in total. The zero-order valence-corrected chi connectivity index (χ0v) is 17.0. The predicted molar refractivity (Wildman–Crippen MR) is 113 cm³/mol. The van der Waals surface area contributed by atoms with Crippen molar-refractivity contribution in [1.29, 1.82) is 0 Å². The van der Waals surface area contributed by atoms with Crippen LogP contribution in [0.3, 0.4) is 0 Å². The van der Waals surface area contributed by atoms with Crippen molar-refractivity contribution >= 4 is 40.0 Å². The number of carbonyl (C=O) groups excluding carboxylic acids is 1. The molecule has 1 aromatic heterocycles. The van der Waals surface area contributed by atoms with E-state index in [-0.39, 0.29) is 11.8 Å². The molecule has 1 fully saturated rings. The van der Waals surface area contributed by atoms with E-state index in [4.69, 9.17) is 9.47 Å². The lowest BCUT2D eigenvalue weighted by Crippen LogP contribution is -2.35. The summed E-state index contributed by atoms with van der Waals surface area (Å²) in [6, 6.07) is 4.06. The molecule has 1 aromatic carbocycles. The van der Waals surface area contributed by atoms with Crippen molar-refractivity contribution in [3.05, 3.63) is 41.0 Å². The summed E-state index contributed by atoms with van der Waals surface area (Å²) in [6.45, 7) is 0. The quantitative estimate of drug-likeness (QED) is 0.764. The van der Waals surface area contributed by atoms with Crippen LogP contribution in [-0.4, -0.2) is 42.1 Å².